The SMILES string of the molecule is CN(C)NC(=O)c1ccc(Cl)cc1F. The van der Waals surface area contributed by atoms with Gasteiger partial charge in [0.1, 0.15) is 5.82 Å². The van der Waals surface area contributed by atoms with E-state index in [1.165, 1.54) is 17.1 Å². The highest BCUT2D eigenvalue weighted by Crippen LogP contribution is 2.14. The van der Waals surface area contributed by atoms with Gasteiger partial charge < -0.3 is 0 Å². The third-order valence-electron chi connectivity index (χ3n) is 1.50. The number of rotatable bonds is 2. The van der Waals surface area contributed by atoms with Gasteiger partial charge in [0.05, 0.1) is 5.56 Å². The van der Waals surface area contributed by atoms with E-state index in [4.69, 9.17) is 11.6 Å². The molecule has 0 saturated carbocycles. The first kappa shape index (κ1) is 10.9. The lowest BCUT2D eigenvalue weighted by atomic mass is 10.2. The summed E-state index contributed by atoms with van der Waals surface area (Å²) in [6.07, 6.45) is 0. The molecule has 0 aliphatic carbocycles. The molecule has 0 atom stereocenters. The zero-order valence-electron chi connectivity index (χ0n) is 7.84. The average molecular weight is 217 g/mol. The number of hydrogen-bond acceptors (Lipinski definition) is 2. The fourth-order valence-corrected chi connectivity index (χ4v) is 1.10. The van der Waals surface area contributed by atoms with E-state index in [9.17, 15) is 9.18 Å². The van der Waals surface area contributed by atoms with Gasteiger partial charge in [-0.25, -0.2) is 9.40 Å². The molecule has 0 bridgehead atoms. The molecule has 1 amide bonds. The molecule has 5 heteroatoms. The standard InChI is InChI=1S/C9H10ClFN2O/c1-13(2)12-9(14)7-4-3-6(10)5-8(7)11/h3-5H,1-2H3,(H,12,14). The summed E-state index contributed by atoms with van der Waals surface area (Å²) in [7, 11) is 3.29. The van der Waals surface area contributed by atoms with E-state index in [0.29, 0.717) is 0 Å². The Bertz CT molecular complexity index is 355. The highest BCUT2D eigenvalue weighted by molar-refractivity contribution is 6.30. The van der Waals surface area contributed by atoms with Crippen LogP contribution >= 0.6 is 11.6 Å². The van der Waals surface area contributed by atoms with Crippen LogP contribution in [0, 0.1) is 5.82 Å². The summed E-state index contributed by atoms with van der Waals surface area (Å²) in [5.41, 5.74) is 2.41. The van der Waals surface area contributed by atoms with E-state index < -0.39 is 11.7 Å². The lowest BCUT2D eigenvalue weighted by Crippen LogP contribution is -2.36. The minimum Gasteiger partial charge on any atom is -0.285 e. The number of nitrogens with zero attached hydrogens (tertiary/aromatic N) is 1. The van der Waals surface area contributed by atoms with Crippen molar-refractivity contribution in [2.24, 2.45) is 0 Å². The van der Waals surface area contributed by atoms with Gasteiger partial charge in [-0.15, -0.1) is 0 Å². The minimum atomic E-state index is -0.628. The van der Waals surface area contributed by atoms with Crippen molar-refractivity contribution >= 4 is 17.5 Å². The maximum atomic E-state index is 13.2. The van der Waals surface area contributed by atoms with Gasteiger partial charge in [-0.1, -0.05) is 11.6 Å². The van der Waals surface area contributed by atoms with Gasteiger partial charge in [-0.2, -0.15) is 0 Å². The van der Waals surface area contributed by atoms with Crippen LogP contribution in [0.25, 0.3) is 0 Å². The molecule has 1 aromatic carbocycles. The van der Waals surface area contributed by atoms with Crippen molar-refractivity contribution in [1.29, 1.82) is 0 Å². The lowest BCUT2D eigenvalue weighted by molar-refractivity contribution is 0.0852. The molecule has 1 N–H and O–H groups in total. The maximum Gasteiger partial charge on any atom is 0.268 e. The fourth-order valence-electron chi connectivity index (χ4n) is 0.937. The maximum absolute atomic E-state index is 13.2. The van der Waals surface area contributed by atoms with Crippen LogP contribution in [0.3, 0.4) is 0 Å². The first-order valence-electron chi connectivity index (χ1n) is 3.94. The van der Waals surface area contributed by atoms with Crippen molar-refractivity contribution in [3.63, 3.8) is 0 Å². The molecule has 0 aromatic heterocycles. The number of halogens is 2. The Hall–Kier alpha value is -1.13. The van der Waals surface area contributed by atoms with Gasteiger partial charge in [-0.3, -0.25) is 10.2 Å². The summed E-state index contributed by atoms with van der Waals surface area (Å²) >= 11 is 5.55. The predicted molar refractivity (Wildman–Crippen MR) is 52.6 cm³/mol. The third-order valence-corrected chi connectivity index (χ3v) is 1.74. The molecule has 0 saturated heterocycles. The first-order valence-corrected chi connectivity index (χ1v) is 4.32. The number of amides is 1. The van der Waals surface area contributed by atoms with Crippen molar-refractivity contribution in [3.05, 3.63) is 34.6 Å². The number of hydrazine groups is 1. The molecule has 1 aromatic rings. The summed E-state index contributed by atoms with van der Waals surface area (Å²) in [6, 6.07) is 3.91. The molecule has 3 nitrogen and oxygen atoms in total. The summed E-state index contributed by atoms with van der Waals surface area (Å²) in [4.78, 5) is 11.4. The summed E-state index contributed by atoms with van der Waals surface area (Å²) in [6.45, 7) is 0. The molecular weight excluding hydrogens is 207 g/mol. The van der Waals surface area contributed by atoms with E-state index in [-0.39, 0.29) is 10.6 Å². The Morgan fingerprint density at radius 1 is 1.50 bits per heavy atom. The molecule has 0 aliphatic rings. The number of benzene rings is 1. The Morgan fingerprint density at radius 3 is 2.64 bits per heavy atom. The van der Waals surface area contributed by atoms with Crippen LogP contribution in [-0.4, -0.2) is 25.0 Å². The molecule has 0 radical (unpaired) electrons. The predicted octanol–water partition coefficient (Wildman–Crippen LogP) is 1.69. The van der Waals surface area contributed by atoms with Crippen molar-refractivity contribution in [1.82, 2.24) is 10.4 Å². The highest BCUT2D eigenvalue weighted by atomic mass is 35.5. The van der Waals surface area contributed by atoms with E-state index in [2.05, 4.69) is 5.43 Å². The van der Waals surface area contributed by atoms with E-state index in [1.807, 2.05) is 0 Å². The lowest BCUT2D eigenvalue weighted by Gasteiger charge is -2.11. The van der Waals surface area contributed by atoms with Crippen molar-refractivity contribution < 1.29 is 9.18 Å². The molecule has 0 aliphatic heterocycles. The van der Waals surface area contributed by atoms with Crippen LogP contribution in [0.5, 0.6) is 0 Å². The van der Waals surface area contributed by atoms with E-state index >= 15 is 0 Å². The Kier molecular flexibility index (Phi) is 3.43. The summed E-state index contributed by atoms with van der Waals surface area (Å²) < 4.78 is 13.2. The van der Waals surface area contributed by atoms with Crippen LogP contribution in [-0.2, 0) is 0 Å². The average Bonchev–Trinajstić information content (AvgIpc) is 2.01. The topological polar surface area (TPSA) is 32.3 Å². The second-order valence-electron chi connectivity index (χ2n) is 2.96. The van der Waals surface area contributed by atoms with Crippen LogP contribution in [0.1, 0.15) is 10.4 Å². The number of carbonyl (C=O) groups is 1. The monoisotopic (exact) mass is 216 g/mol. The van der Waals surface area contributed by atoms with Crippen LogP contribution in [0.15, 0.2) is 18.2 Å². The smallest absolute Gasteiger partial charge is 0.268 e. The van der Waals surface area contributed by atoms with Gasteiger partial charge in [-0.05, 0) is 18.2 Å². The molecule has 0 fully saturated rings. The number of carbonyl (C=O) groups excluding carboxylic acids is 1. The molecule has 14 heavy (non-hydrogen) atoms. The highest BCUT2D eigenvalue weighted by Gasteiger charge is 2.11. The van der Waals surface area contributed by atoms with Crippen molar-refractivity contribution in [2.75, 3.05) is 14.1 Å². The molecule has 1 rings (SSSR count). The first-order chi connectivity index (χ1) is 6.50. The van der Waals surface area contributed by atoms with Crippen molar-refractivity contribution in [2.45, 2.75) is 0 Å². The van der Waals surface area contributed by atoms with E-state index in [1.54, 1.807) is 14.1 Å². The van der Waals surface area contributed by atoms with Gasteiger partial charge in [0.15, 0.2) is 0 Å². The summed E-state index contributed by atoms with van der Waals surface area (Å²) in [5.74, 6) is -1.12. The van der Waals surface area contributed by atoms with Crippen LogP contribution < -0.4 is 5.43 Å². The number of nitrogens with one attached hydrogen (secondary N) is 1. The van der Waals surface area contributed by atoms with Gasteiger partial charge in [0, 0.05) is 19.1 Å². The second-order valence-corrected chi connectivity index (χ2v) is 3.40. The van der Waals surface area contributed by atoms with Crippen molar-refractivity contribution in [3.8, 4) is 0 Å². The zero-order valence-corrected chi connectivity index (χ0v) is 8.60. The normalized spacial score (nSPS) is 10.4. The van der Waals surface area contributed by atoms with Crippen LogP contribution in [0.2, 0.25) is 5.02 Å². The molecule has 76 valence electrons. The molecule has 0 spiro atoms. The van der Waals surface area contributed by atoms with Gasteiger partial charge >= 0.3 is 0 Å². The Labute approximate surface area is 86.4 Å². The number of hydrogen-bond donors (Lipinski definition) is 1. The molecule has 0 unspecified atom stereocenters. The Morgan fingerprint density at radius 2 is 2.14 bits per heavy atom. The largest absolute Gasteiger partial charge is 0.285 e. The van der Waals surface area contributed by atoms with E-state index in [0.717, 1.165) is 6.07 Å². The van der Waals surface area contributed by atoms with Crippen LogP contribution in [0.4, 0.5) is 4.39 Å². The molecule has 0 heterocycles. The zero-order chi connectivity index (χ0) is 10.7. The Balaban J connectivity index is 2.90. The minimum absolute atomic E-state index is 0.0249. The molecular formula is C9H10ClFN2O. The van der Waals surface area contributed by atoms with Gasteiger partial charge in [0.2, 0.25) is 0 Å². The van der Waals surface area contributed by atoms with Gasteiger partial charge in [0.25, 0.3) is 5.91 Å². The quantitative estimate of drug-likeness (QED) is 0.763. The second kappa shape index (κ2) is 4.39. The fraction of sp³-hybridized carbons (Fsp3) is 0.222. The third kappa shape index (κ3) is 2.68. The summed E-state index contributed by atoms with van der Waals surface area (Å²) in [5, 5.41) is 1.71.